The van der Waals surface area contributed by atoms with Crippen LogP contribution in [0.5, 0.6) is 0 Å². The first-order valence-electron chi connectivity index (χ1n) is 11.1. The van der Waals surface area contributed by atoms with E-state index in [9.17, 15) is 4.79 Å². The number of nitrogens with zero attached hydrogens (tertiary/aromatic N) is 2. The largest absolute Gasteiger partial charge is 0.268 e. The average molecular weight is 447 g/mol. The summed E-state index contributed by atoms with van der Waals surface area (Å²) < 4.78 is 1.83. The van der Waals surface area contributed by atoms with Gasteiger partial charge in [-0.2, -0.15) is 0 Å². The van der Waals surface area contributed by atoms with Crippen molar-refractivity contribution in [1.29, 1.82) is 0 Å². The maximum absolute atomic E-state index is 13.8. The first-order valence-corrected chi connectivity index (χ1v) is 12.9. The van der Waals surface area contributed by atoms with Crippen LogP contribution >= 0.6 is 23.1 Å². The van der Waals surface area contributed by atoms with Gasteiger partial charge < -0.3 is 0 Å². The van der Waals surface area contributed by atoms with Crippen LogP contribution in [0.2, 0.25) is 0 Å². The third kappa shape index (κ3) is 3.85. The number of aromatic nitrogens is 2. The lowest BCUT2D eigenvalue weighted by molar-refractivity contribution is 0.705. The summed E-state index contributed by atoms with van der Waals surface area (Å²) in [5.41, 5.74) is 4.79. The van der Waals surface area contributed by atoms with E-state index in [4.69, 9.17) is 4.98 Å². The molecule has 0 bridgehead atoms. The molecule has 3 nitrogen and oxygen atoms in total. The van der Waals surface area contributed by atoms with Crippen LogP contribution in [-0.2, 0) is 12.8 Å². The molecule has 0 amide bonds. The second-order valence-corrected chi connectivity index (χ2v) is 10.1. The number of fused-ring (bicyclic) bond motifs is 5. The van der Waals surface area contributed by atoms with Crippen LogP contribution in [0.4, 0.5) is 0 Å². The van der Waals surface area contributed by atoms with Crippen molar-refractivity contribution in [3.05, 3.63) is 76.1 Å². The summed E-state index contributed by atoms with van der Waals surface area (Å²) >= 11 is 3.40. The zero-order chi connectivity index (χ0) is 21.2. The Labute approximate surface area is 191 Å². The first kappa shape index (κ1) is 20.5. The van der Waals surface area contributed by atoms with Crippen molar-refractivity contribution in [3.63, 3.8) is 0 Å². The fourth-order valence-corrected chi connectivity index (χ4v) is 6.69. The van der Waals surface area contributed by atoms with Gasteiger partial charge in [0.25, 0.3) is 5.56 Å². The van der Waals surface area contributed by atoms with Crippen LogP contribution in [0.25, 0.3) is 26.3 Å². The molecule has 0 atom stereocenters. The summed E-state index contributed by atoms with van der Waals surface area (Å²) in [6, 6.07) is 18.5. The predicted molar refractivity (Wildman–Crippen MR) is 133 cm³/mol. The Morgan fingerprint density at radius 1 is 1.00 bits per heavy atom. The lowest BCUT2D eigenvalue weighted by Gasteiger charge is -2.16. The highest BCUT2D eigenvalue weighted by Gasteiger charge is 2.25. The van der Waals surface area contributed by atoms with Gasteiger partial charge in [-0.3, -0.25) is 9.36 Å². The second-order valence-electron chi connectivity index (χ2n) is 8.03. The highest BCUT2D eigenvalue weighted by atomic mass is 32.2. The van der Waals surface area contributed by atoms with Gasteiger partial charge in [-0.1, -0.05) is 80.4 Å². The number of hydrogen-bond acceptors (Lipinski definition) is 4. The number of aryl methyl sites for hydroxylation is 2. The summed E-state index contributed by atoms with van der Waals surface area (Å²) in [4.78, 5) is 21.0. The molecule has 2 heterocycles. The molecule has 1 aliphatic rings. The van der Waals surface area contributed by atoms with Gasteiger partial charge in [0.05, 0.1) is 11.1 Å². The topological polar surface area (TPSA) is 34.9 Å². The lowest BCUT2D eigenvalue weighted by atomic mass is 9.90. The van der Waals surface area contributed by atoms with Gasteiger partial charge >= 0.3 is 0 Å². The molecule has 2 aromatic heterocycles. The van der Waals surface area contributed by atoms with Crippen LogP contribution < -0.4 is 5.56 Å². The minimum atomic E-state index is 0.0733. The number of para-hydroxylation sites is 1. The standard InChI is InChI=1S/C26H26N2OS2/c1-2-3-4-10-17-30-26-27-24-22(25(29)28(26)19-12-6-5-7-13-19)21-16-15-18-11-8-9-14-20(18)23(21)31-24/h5-9,11-14H,2-4,10,15-17H2,1H3. The third-order valence-electron chi connectivity index (χ3n) is 5.94. The molecule has 31 heavy (non-hydrogen) atoms. The van der Waals surface area contributed by atoms with Crippen molar-refractivity contribution >= 4 is 33.3 Å². The van der Waals surface area contributed by atoms with Crippen molar-refractivity contribution in [2.75, 3.05) is 5.75 Å². The Morgan fingerprint density at radius 2 is 1.81 bits per heavy atom. The molecule has 0 aliphatic heterocycles. The van der Waals surface area contributed by atoms with Crippen molar-refractivity contribution in [3.8, 4) is 16.1 Å². The number of thioether (sulfide) groups is 1. The van der Waals surface area contributed by atoms with E-state index in [1.54, 1.807) is 23.1 Å². The molecule has 0 radical (unpaired) electrons. The van der Waals surface area contributed by atoms with Crippen molar-refractivity contribution in [2.45, 2.75) is 50.6 Å². The number of unbranched alkanes of at least 4 members (excludes halogenated alkanes) is 3. The molecular formula is C26H26N2OS2. The summed E-state index contributed by atoms with van der Waals surface area (Å²) in [6.45, 7) is 2.23. The van der Waals surface area contributed by atoms with Gasteiger partial charge in [-0.25, -0.2) is 4.98 Å². The Bertz CT molecular complexity index is 1270. The summed E-state index contributed by atoms with van der Waals surface area (Å²) in [5.74, 6) is 0.985. The first-order chi connectivity index (χ1) is 15.3. The van der Waals surface area contributed by atoms with Crippen LogP contribution in [0, 0.1) is 0 Å². The number of thiophene rings is 1. The number of benzene rings is 2. The monoisotopic (exact) mass is 446 g/mol. The van der Waals surface area contributed by atoms with Crippen LogP contribution in [0.1, 0.15) is 43.7 Å². The van der Waals surface area contributed by atoms with Gasteiger partial charge in [-0.15, -0.1) is 11.3 Å². The fraction of sp³-hybridized carbons (Fsp3) is 0.308. The van der Waals surface area contributed by atoms with Gasteiger partial charge in [0.1, 0.15) is 4.83 Å². The van der Waals surface area contributed by atoms with Crippen LogP contribution in [0.15, 0.2) is 64.5 Å². The molecule has 1 aliphatic carbocycles. The summed E-state index contributed by atoms with van der Waals surface area (Å²) in [7, 11) is 0. The zero-order valence-electron chi connectivity index (χ0n) is 17.8. The number of hydrogen-bond donors (Lipinski definition) is 0. The Balaban J connectivity index is 1.65. The molecule has 0 spiro atoms. The van der Waals surface area contributed by atoms with E-state index in [1.165, 1.54) is 40.8 Å². The second kappa shape index (κ2) is 9.01. The van der Waals surface area contributed by atoms with Crippen molar-refractivity contribution < 1.29 is 0 Å². The van der Waals surface area contributed by atoms with E-state index in [0.29, 0.717) is 0 Å². The Hall–Kier alpha value is -2.37. The average Bonchev–Trinajstić information content (AvgIpc) is 3.19. The molecule has 0 saturated carbocycles. The lowest BCUT2D eigenvalue weighted by Crippen LogP contribution is -2.22. The maximum Gasteiger partial charge on any atom is 0.267 e. The molecule has 4 aromatic rings. The molecule has 5 heteroatoms. The molecule has 158 valence electrons. The molecular weight excluding hydrogens is 420 g/mol. The minimum absolute atomic E-state index is 0.0733. The molecule has 2 aromatic carbocycles. The summed E-state index contributed by atoms with van der Waals surface area (Å²) in [5, 5.41) is 1.63. The smallest absolute Gasteiger partial charge is 0.267 e. The maximum atomic E-state index is 13.8. The normalized spacial score (nSPS) is 12.7. The van der Waals surface area contributed by atoms with Crippen LogP contribution in [0.3, 0.4) is 0 Å². The number of rotatable bonds is 7. The molecule has 5 rings (SSSR count). The molecule has 0 fully saturated rings. The van der Waals surface area contributed by atoms with Gasteiger partial charge in [0.2, 0.25) is 0 Å². The SMILES string of the molecule is CCCCCCSc1nc2sc3c(c2c(=O)n1-c1ccccc1)CCc1ccccc1-3. The van der Waals surface area contributed by atoms with Crippen molar-refractivity contribution in [2.24, 2.45) is 0 Å². The zero-order valence-corrected chi connectivity index (χ0v) is 19.4. The van der Waals surface area contributed by atoms with Gasteiger partial charge in [-0.05, 0) is 48.1 Å². The molecule has 0 N–H and O–H groups in total. The van der Waals surface area contributed by atoms with E-state index < -0.39 is 0 Å². The predicted octanol–water partition coefficient (Wildman–Crippen LogP) is 6.89. The fourth-order valence-electron chi connectivity index (χ4n) is 4.36. The van der Waals surface area contributed by atoms with E-state index in [2.05, 4.69) is 31.2 Å². The molecule has 0 unspecified atom stereocenters. The highest BCUT2D eigenvalue weighted by Crippen LogP contribution is 2.42. The highest BCUT2D eigenvalue weighted by molar-refractivity contribution is 7.99. The van der Waals surface area contributed by atoms with Crippen molar-refractivity contribution in [1.82, 2.24) is 9.55 Å². The molecule has 0 saturated heterocycles. The Morgan fingerprint density at radius 3 is 2.65 bits per heavy atom. The summed E-state index contributed by atoms with van der Waals surface area (Å²) in [6.07, 6.45) is 6.75. The van der Waals surface area contributed by atoms with E-state index in [1.807, 2.05) is 34.9 Å². The van der Waals surface area contributed by atoms with Gasteiger partial charge in [0.15, 0.2) is 5.16 Å². The quantitative estimate of drug-likeness (QED) is 0.176. The van der Waals surface area contributed by atoms with E-state index >= 15 is 0 Å². The van der Waals surface area contributed by atoms with E-state index in [-0.39, 0.29) is 5.56 Å². The third-order valence-corrected chi connectivity index (χ3v) is 8.13. The van der Waals surface area contributed by atoms with Gasteiger partial charge in [0, 0.05) is 10.6 Å². The Kier molecular flexibility index (Phi) is 5.97. The minimum Gasteiger partial charge on any atom is -0.268 e. The van der Waals surface area contributed by atoms with Crippen LogP contribution in [-0.4, -0.2) is 15.3 Å². The van der Waals surface area contributed by atoms with E-state index in [0.717, 1.165) is 46.1 Å².